The van der Waals surface area contributed by atoms with Gasteiger partial charge in [0.15, 0.2) is 11.5 Å². The monoisotopic (exact) mass is 338 g/mol. The third-order valence-electron chi connectivity index (χ3n) is 2.76. The zero-order valence-electron chi connectivity index (χ0n) is 11.2. The van der Waals surface area contributed by atoms with Crippen LogP contribution in [0.4, 0.5) is 5.69 Å². The Morgan fingerprint density at radius 3 is 2.80 bits per heavy atom. The van der Waals surface area contributed by atoms with Gasteiger partial charge >= 0.3 is 0 Å². The lowest BCUT2D eigenvalue weighted by Gasteiger charge is -2.12. The lowest BCUT2D eigenvalue weighted by Crippen LogP contribution is -2.02. The number of methoxy groups -OCH3 is 2. The van der Waals surface area contributed by atoms with Crippen LogP contribution >= 0.6 is 15.9 Å². The molecule has 2 N–H and O–H groups in total. The first kappa shape index (κ1) is 14.5. The second kappa shape index (κ2) is 6.47. The van der Waals surface area contributed by atoms with E-state index in [-0.39, 0.29) is 5.75 Å². The number of halogens is 1. The van der Waals surface area contributed by atoms with Crippen LogP contribution in [0.15, 0.2) is 34.9 Å². The number of phenolic OH excluding ortho intramolecular Hbond substituents is 1. The zero-order chi connectivity index (χ0) is 14.5. The van der Waals surface area contributed by atoms with Gasteiger partial charge in [0.1, 0.15) is 0 Å². The standard InChI is InChI=1S/C14H15BrN2O3/c1-19-12-7-9(6-10(15)13(12)18)8-17-11-4-3-5-16-14(11)20-2/h3-7,17-18H,8H2,1-2H3. The Balaban J connectivity index is 2.17. The molecule has 0 aliphatic heterocycles. The summed E-state index contributed by atoms with van der Waals surface area (Å²) in [5, 5.41) is 13.0. The van der Waals surface area contributed by atoms with E-state index in [9.17, 15) is 5.11 Å². The van der Waals surface area contributed by atoms with E-state index >= 15 is 0 Å². The van der Waals surface area contributed by atoms with Gasteiger partial charge in [-0.25, -0.2) is 4.98 Å². The van der Waals surface area contributed by atoms with Crippen molar-refractivity contribution in [2.24, 2.45) is 0 Å². The van der Waals surface area contributed by atoms with Crippen molar-refractivity contribution in [1.29, 1.82) is 0 Å². The van der Waals surface area contributed by atoms with E-state index in [1.54, 1.807) is 19.4 Å². The van der Waals surface area contributed by atoms with Crippen LogP contribution in [0.3, 0.4) is 0 Å². The maximum Gasteiger partial charge on any atom is 0.237 e. The molecule has 0 radical (unpaired) electrons. The summed E-state index contributed by atoms with van der Waals surface area (Å²) >= 11 is 3.30. The van der Waals surface area contributed by atoms with Crippen molar-refractivity contribution in [3.05, 3.63) is 40.5 Å². The minimum absolute atomic E-state index is 0.0928. The fraction of sp³-hybridized carbons (Fsp3) is 0.214. The molecule has 1 heterocycles. The quantitative estimate of drug-likeness (QED) is 0.876. The highest BCUT2D eigenvalue weighted by Crippen LogP contribution is 2.35. The van der Waals surface area contributed by atoms with Crippen LogP contribution in [0, 0.1) is 0 Å². The molecule has 0 aliphatic carbocycles. The zero-order valence-corrected chi connectivity index (χ0v) is 12.8. The molecule has 0 saturated heterocycles. The first-order chi connectivity index (χ1) is 9.65. The topological polar surface area (TPSA) is 63.6 Å². The van der Waals surface area contributed by atoms with Gasteiger partial charge in [0.2, 0.25) is 5.88 Å². The lowest BCUT2D eigenvalue weighted by atomic mass is 10.2. The number of pyridine rings is 1. The number of aromatic nitrogens is 1. The second-order valence-corrected chi connectivity index (χ2v) is 4.90. The summed E-state index contributed by atoms with van der Waals surface area (Å²) in [6.45, 7) is 0.553. The molecule has 2 rings (SSSR count). The SMILES string of the molecule is COc1cc(CNc2cccnc2OC)cc(Br)c1O. The van der Waals surface area contributed by atoms with E-state index in [0.717, 1.165) is 11.3 Å². The van der Waals surface area contributed by atoms with Gasteiger partial charge in [-0.3, -0.25) is 0 Å². The molecule has 0 saturated carbocycles. The highest BCUT2D eigenvalue weighted by Gasteiger charge is 2.09. The van der Waals surface area contributed by atoms with E-state index in [1.807, 2.05) is 18.2 Å². The van der Waals surface area contributed by atoms with Gasteiger partial charge < -0.3 is 19.9 Å². The number of phenols is 1. The van der Waals surface area contributed by atoms with Crippen molar-refractivity contribution in [2.75, 3.05) is 19.5 Å². The van der Waals surface area contributed by atoms with Crippen molar-refractivity contribution < 1.29 is 14.6 Å². The maximum absolute atomic E-state index is 9.77. The minimum atomic E-state index is 0.0928. The van der Waals surface area contributed by atoms with Crippen molar-refractivity contribution >= 4 is 21.6 Å². The summed E-state index contributed by atoms with van der Waals surface area (Å²) in [5.41, 5.74) is 1.76. The van der Waals surface area contributed by atoms with Crippen molar-refractivity contribution in [3.8, 4) is 17.4 Å². The highest BCUT2D eigenvalue weighted by atomic mass is 79.9. The summed E-state index contributed by atoms with van der Waals surface area (Å²) in [6.07, 6.45) is 1.67. The van der Waals surface area contributed by atoms with Crippen LogP contribution in [0.1, 0.15) is 5.56 Å². The molecule has 20 heavy (non-hydrogen) atoms. The molecule has 0 atom stereocenters. The van der Waals surface area contributed by atoms with Gasteiger partial charge in [-0.15, -0.1) is 0 Å². The smallest absolute Gasteiger partial charge is 0.237 e. The van der Waals surface area contributed by atoms with Crippen molar-refractivity contribution in [1.82, 2.24) is 4.98 Å². The molecule has 0 bridgehead atoms. The summed E-state index contributed by atoms with van der Waals surface area (Å²) in [5.74, 6) is 1.06. The molecule has 2 aromatic rings. The van der Waals surface area contributed by atoms with Crippen molar-refractivity contribution in [3.63, 3.8) is 0 Å². The number of ether oxygens (including phenoxy) is 2. The predicted octanol–water partition coefficient (Wildman–Crippen LogP) is 3.18. The van der Waals surface area contributed by atoms with Crippen LogP contribution in [-0.4, -0.2) is 24.3 Å². The van der Waals surface area contributed by atoms with Crippen molar-refractivity contribution in [2.45, 2.75) is 6.54 Å². The van der Waals surface area contributed by atoms with Crippen LogP contribution < -0.4 is 14.8 Å². The van der Waals surface area contributed by atoms with E-state index in [4.69, 9.17) is 9.47 Å². The second-order valence-electron chi connectivity index (χ2n) is 4.04. The predicted molar refractivity (Wildman–Crippen MR) is 80.5 cm³/mol. The molecule has 5 nitrogen and oxygen atoms in total. The van der Waals surface area contributed by atoms with Crippen LogP contribution in [0.25, 0.3) is 0 Å². The highest BCUT2D eigenvalue weighted by molar-refractivity contribution is 9.10. The third-order valence-corrected chi connectivity index (χ3v) is 3.36. The van der Waals surface area contributed by atoms with Gasteiger partial charge in [-0.05, 0) is 45.8 Å². The summed E-state index contributed by atoms with van der Waals surface area (Å²) < 4.78 is 10.9. The van der Waals surface area contributed by atoms with Gasteiger partial charge in [-0.1, -0.05) is 0 Å². The van der Waals surface area contributed by atoms with E-state index in [0.29, 0.717) is 22.6 Å². The number of nitrogens with one attached hydrogen (secondary N) is 1. The number of hydrogen-bond donors (Lipinski definition) is 2. The van der Waals surface area contributed by atoms with E-state index < -0.39 is 0 Å². The number of rotatable bonds is 5. The lowest BCUT2D eigenvalue weighted by molar-refractivity contribution is 0.371. The minimum Gasteiger partial charge on any atom is -0.503 e. The van der Waals surface area contributed by atoms with Gasteiger partial charge in [0.25, 0.3) is 0 Å². The molecular weight excluding hydrogens is 324 g/mol. The first-order valence-corrected chi connectivity index (χ1v) is 6.73. The molecule has 0 spiro atoms. The van der Waals surface area contributed by atoms with Gasteiger partial charge in [-0.2, -0.15) is 0 Å². The molecule has 0 aliphatic rings. The summed E-state index contributed by atoms with van der Waals surface area (Å²) in [4.78, 5) is 4.12. The van der Waals surface area contributed by atoms with Gasteiger partial charge in [0.05, 0.1) is 24.4 Å². The number of hydrogen-bond acceptors (Lipinski definition) is 5. The van der Waals surface area contributed by atoms with Crippen LogP contribution in [0.2, 0.25) is 0 Å². The van der Waals surface area contributed by atoms with E-state index in [2.05, 4.69) is 26.2 Å². The third kappa shape index (κ3) is 3.14. The molecule has 6 heteroatoms. The first-order valence-electron chi connectivity index (χ1n) is 5.94. The number of aromatic hydroxyl groups is 1. The Morgan fingerprint density at radius 1 is 1.30 bits per heavy atom. The molecule has 0 fully saturated rings. The molecule has 0 amide bonds. The maximum atomic E-state index is 9.77. The fourth-order valence-electron chi connectivity index (χ4n) is 1.77. The molecular formula is C14H15BrN2O3. The molecule has 1 aromatic carbocycles. The van der Waals surface area contributed by atoms with Crippen LogP contribution in [-0.2, 0) is 6.54 Å². The van der Waals surface area contributed by atoms with Gasteiger partial charge in [0, 0.05) is 12.7 Å². The van der Waals surface area contributed by atoms with E-state index in [1.165, 1.54) is 7.11 Å². The Hall–Kier alpha value is -1.95. The molecule has 0 unspecified atom stereocenters. The summed E-state index contributed by atoms with van der Waals surface area (Å²) in [6, 6.07) is 7.32. The Kier molecular flexibility index (Phi) is 4.68. The number of anilines is 1. The Morgan fingerprint density at radius 2 is 2.10 bits per heavy atom. The largest absolute Gasteiger partial charge is 0.503 e. The Labute approximate surface area is 125 Å². The fourth-order valence-corrected chi connectivity index (χ4v) is 2.26. The number of benzene rings is 1. The molecule has 106 valence electrons. The normalized spacial score (nSPS) is 10.2. The number of nitrogens with zero attached hydrogens (tertiary/aromatic N) is 1. The van der Waals surface area contributed by atoms with Crippen LogP contribution in [0.5, 0.6) is 17.4 Å². The Bertz CT molecular complexity index is 605. The average Bonchev–Trinajstić information content (AvgIpc) is 2.48. The summed E-state index contributed by atoms with van der Waals surface area (Å²) in [7, 11) is 3.09. The molecule has 1 aromatic heterocycles. The average molecular weight is 339 g/mol.